The van der Waals surface area contributed by atoms with Gasteiger partial charge in [-0.15, -0.1) is 0 Å². The molecule has 18 heavy (non-hydrogen) atoms. The van der Waals surface area contributed by atoms with Gasteiger partial charge >= 0.3 is 0 Å². The number of rotatable bonds is 4. The maximum absolute atomic E-state index is 11.9. The Bertz CT molecular complexity index is 619. The molecule has 0 spiro atoms. The normalized spacial score (nSPS) is 11.8. The van der Waals surface area contributed by atoms with Crippen molar-refractivity contribution < 1.29 is 8.42 Å². The summed E-state index contributed by atoms with van der Waals surface area (Å²) in [5.41, 5.74) is 1.56. The average Bonchev–Trinajstić information content (AvgIpc) is 2.38. The molecular formula is C14H13NO2S. The molecule has 0 fully saturated rings. The number of hydrogen-bond acceptors (Lipinski definition) is 3. The first-order chi connectivity index (χ1) is 8.66. The van der Waals surface area contributed by atoms with Crippen LogP contribution in [-0.4, -0.2) is 13.4 Å². The Morgan fingerprint density at radius 2 is 1.83 bits per heavy atom. The van der Waals surface area contributed by atoms with Crippen LogP contribution in [-0.2, 0) is 15.6 Å². The van der Waals surface area contributed by atoms with Gasteiger partial charge in [0.15, 0.2) is 9.84 Å². The van der Waals surface area contributed by atoms with Gasteiger partial charge in [0.1, 0.15) is 0 Å². The van der Waals surface area contributed by atoms with Gasteiger partial charge in [-0.1, -0.05) is 36.4 Å². The molecule has 0 aliphatic carbocycles. The minimum Gasteiger partial charge on any atom is -0.264 e. The van der Waals surface area contributed by atoms with Crippen LogP contribution in [0, 0.1) is 0 Å². The van der Waals surface area contributed by atoms with E-state index in [1.807, 2.05) is 24.3 Å². The summed E-state index contributed by atoms with van der Waals surface area (Å²) < 4.78 is 23.7. The van der Waals surface area contributed by atoms with E-state index in [4.69, 9.17) is 0 Å². The molecule has 92 valence electrons. The van der Waals surface area contributed by atoms with E-state index < -0.39 is 9.84 Å². The second-order valence-corrected chi connectivity index (χ2v) is 5.77. The van der Waals surface area contributed by atoms with Crippen LogP contribution in [0.5, 0.6) is 0 Å². The van der Waals surface area contributed by atoms with Gasteiger partial charge in [-0.05, 0) is 23.3 Å². The van der Waals surface area contributed by atoms with Crippen molar-refractivity contribution in [3.8, 4) is 0 Å². The Balaban J connectivity index is 2.11. The van der Waals surface area contributed by atoms with Gasteiger partial charge in [-0.2, -0.15) is 0 Å². The molecular weight excluding hydrogens is 246 g/mol. The maximum atomic E-state index is 11.9. The summed E-state index contributed by atoms with van der Waals surface area (Å²) in [6.07, 6.45) is 4.83. The lowest BCUT2D eigenvalue weighted by molar-refractivity contribution is 0.604. The van der Waals surface area contributed by atoms with E-state index >= 15 is 0 Å². The predicted molar refractivity (Wildman–Crippen MR) is 72.3 cm³/mol. The van der Waals surface area contributed by atoms with Crippen LogP contribution in [0.4, 0.5) is 0 Å². The van der Waals surface area contributed by atoms with Gasteiger partial charge in [-0.25, -0.2) is 8.42 Å². The van der Waals surface area contributed by atoms with Crippen molar-refractivity contribution in [2.75, 3.05) is 0 Å². The number of nitrogens with zero attached hydrogens (tertiary/aromatic N) is 1. The lowest BCUT2D eigenvalue weighted by Crippen LogP contribution is -1.99. The first-order valence-electron chi connectivity index (χ1n) is 5.50. The van der Waals surface area contributed by atoms with Gasteiger partial charge in [0.2, 0.25) is 0 Å². The monoisotopic (exact) mass is 259 g/mol. The van der Waals surface area contributed by atoms with E-state index in [1.165, 1.54) is 5.41 Å². The lowest BCUT2D eigenvalue weighted by atomic mass is 10.2. The molecule has 4 heteroatoms. The van der Waals surface area contributed by atoms with Crippen molar-refractivity contribution >= 4 is 15.9 Å². The summed E-state index contributed by atoms with van der Waals surface area (Å²) in [5.74, 6) is 0.0185. The molecule has 0 radical (unpaired) electrons. The zero-order chi connectivity index (χ0) is 12.8. The first kappa shape index (κ1) is 12.5. The molecule has 0 amide bonds. The minimum absolute atomic E-state index is 0.0185. The minimum atomic E-state index is -3.24. The topological polar surface area (TPSA) is 47.0 Å². The van der Waals surface area contributed by atoms with Crippen LogP contribution in [0.1, 0.15) is 11.1 Å². The Hall–Kier alpha value is -1.94. The van der Waals surface area contributed by atoms with Gasteiger partial charge < -0.3 is 0 Å². The number of aromatic nitrogens is 1. The van der Waals surface area contributed by atoms with Crippen LogP contribution in [0.25, 0.3) is 6.08 Å². The smallest absolute Gasteiger partial charge is 0.175 e. The van der Waals surface area contributed by atoms with Gasteiger partial charge in [0.25, 0.3) is 0 Å². The Kier molecular flexibility index (Phi) is 3.89. The molecule has 0 unspecified atom stereocenters. The Labute approximate surface area is 107 Å². The standard InChI is InChI=1S/C14H13NO2S/c16-18(17,12-14-5-2-1-3-6-14)10-8-13-7-4-9-15-11-13/h1-11H,12H2/b10-8+. The van der Waals surface area contributed by atoms with Crippen LogP contribution < -0.4 is 0 Å². The second kappa shape index (κ2) is 5.60. The molecule has 1 aromatic carbocycles. The molecule has 0 bridgehead atoms. The number of hydrogen-bond donors (Lipinski definition) is 0. The largest absolute Gasteiger partial charge is 0.264 e. The molecule has 2 rings (SSSR count). The predicted octanol–water partition coefficient (Wildman–Crippen LogP) is 2.67. The Morgan fingerprint density at radius 1 is 1.06 bits per heavy atom. The molecule has 0 N–H and O–H groups in total. The number of pyridine rings is 1. The van der Waals surface area contributed by atoms with Crippen molar-refractivity contribution in [2.24, 2.45) is 0 Å². The molecule has 0 aliphatic rings. The molecule has 0 saturated carbocycles. The lowest BCUT2D eigenvalue weighted by Gasteiger charge is -1.99. The molecule has 2 aromatic rings. The third-order valence-corrected chi connectivity index (χ3v) is 3.65. The highest BCUT2D eigenvalue weighted by atomic mass is 32.2. The number of sulfone groups is 1. The first-order valence-corrected chi connectivity index (χ1v) is 7.22. The third kappa shape index (κ3) is 3.82. The van der Waals surface area contributed by atoms with Crippen molar-refractivity contribution in [3.05, 3.63) is 71.4 Å². The maximum Gasteiger partial charge on any atom is 0.175 e. The summed E-state index contributed by atoms with van der Waals surface area (Å²) in [4.78, 5) is 3.92. The summed E-state index contributed by atoms with van der Waals surface area (Å²) in [6.45, 7) is 0. The highest BCUT2D eigenvalue weighted by molar-refractivity contribution is 7.93. The van der Waals surface area contributed by atoms with Crippen molar-refractivity contribution in [1.82, 2.24) is 4.98 Å². The van der Waals surface area contributed by atoms with Gasteiger partial charge in [-0.3, -0.25) is 4.98 Å². The molecule has 1 aromatic heterocycles. The van der Waals surface area contributed by atoms with Crippen molar-refractivity contribution in [3.63, 3.8) is 0 Å². The summed E-state index contributed by atoms with van der Waals surface area (Å²) in [5, 5.41) is 1.23. The zero-order valence-corrected chi connectivity index (χ0v) is 10.5. The van der Waals surface area contributed by atoms with E-state index in [-0.39, 0.29) is 5.75 Å². The molecule has 0 saturated heterocycles. The third-order valence-electron chi connectivity index (χ3n) is 2.36. The average molecular weight is 259 g/mol. The van der Waals surface area contributed by atoms with E-state index in [0.717, 1.165) is 11.1 Å². The summed E-state index contributed by atoms with van der Waals surface area (Å²) in [7, 11) is -3.24. The second-order valence-electron chi connectivity index (χ2n) is 3.88. The zero-order valence-electron chi connectivity index (χ0n) is 9.73. The fourth-order valence-electron chi connectivity index (χ4n) is 1.51. The van der Waals surface area contributed by atoms with Gasteiger partial charge in [0, 0.05) is 17.8 Å². The van der Waals surface area contributed by atoms with Crippen molar-refractivity contribution in [1.29, 1.82) is 0 Å². The van der Waals surface area contributed by atoms with E-state index in [2.05, 4.69) is 4.98 Å². The highest BCUT2D eigenvalue weighted by Crippen LogP contribution is 2.09. The quantitative estimate of drug-likeness (QED) is 0.848. The van der Waals surface area contributed by atoms with Crippen LogP contribution in [0.15, 0.2) is 60.3 Å². The molecule has 0 atom stereocenters. The summed E-state index contributed by atoms with van der Waals surface area (Å²) in [6, 6.07) is 12.7. The fraction of sp³-hybridized carbons (Fsp3) is 0.0714. The number of benzene rings is 1. The van der Waals surface area contributed by atoms with E-state index in [0.29, 0.717) is 0 Å². The van der Waals surface area contributed by atoms with E-state index in [9.17, 15) is 8.42 Å². The van der Waals surface area contributed by atoms with Crippen LogP contribution in [0.2, 0.25) is 0 Å². The highest BCUT2D eigenvalue weighted by Gasteiger charge is 2.06. The van der Waals surface area contributed by atoms with Crippen LogP contribution in [0.3, 0.4) is 0 Å². The summed E-state index contributed by atoms with van der Waals surface area (Å²) >= 11 is 0. The molecule has 1 heterocycles. The SMILES string of the molecule is O=S(=O)(/C=C/c1cccnc1)Cc1ccccc1. The van der Waals surface area contributed by atoms with E-state index in [1.54, 1.807) is 36.7 Å². The van der Waals surface area contributed by atoms with Crippen molar-refractivity contribution in [2.45, 2.75) is 5.75 Å². The fourth-order valence-corrected chi connectivity index (χ4v) is 2.63. The Morgan fingerprint density at radius 3 is 2.50 bits per heavy atom. The van der Waals surface area contributed by atoms with Crippen LogP contribution >= 0.6 is 0 Å². The molecule has 0 aliphatic heterocycles. The van der Waals surface area contributed by atoms with Gasteiger partial charge in [0.05, 0.1) is 5.75 Å². The molecule has 3 nitrogen and oxygen atoms in total.